The number of ether oxygens (including phenoxy) is 3. The molecule has 6 aromatic rings. The molecule has 14 heteroatoms. The van der Waals surface area contributed by atoms with E-state index in [4.69, 9.17) is 14.2 Å². The summed E-state index contributed by atoms with van der Waals surface area (Å²) >= 11 is 0. The maximum Gasteiger partial charge on any atom is 0.255 e. The second kappa shape index (κ2) is 15.4. The van der Waals surface area contributed by atoms with Crippen LogP contribution in [0.4, 0.5) is 5.69 Å². The van der Waals surface area contributed by atoms with Crippen molar-refractivity contribution in [3.63, 3.8) is 0 Å². The second-order valence-corrected chi connectivity index (χ2v) is 14.5. The number of piperidine rings is 1. The number of aromatic amines is 1. The van der Waals surface area contributed by atoms with Gasteiger partial charge in [-0.05, 0) is 72.0 Å². The van der Waals surface area contributed by atoms with Crippen molar-refractivity contribution < 1.29 is 33.4 Å². The van der Waals surface area contributed by atoms with E-state index >= 15 is 0 Å². The average Bonchev–Trinajstić information content (AvgIpc) is 3.76. The molecule has 3 aliphatic rings. The maximum atomic E-state index is 13.0. The standard InChI is InChI=1S/C44H37N7O7/c1-50(30-7-10-34-28(17-30)24-51(44(34)55)39-11-12-40(52)49-43(39)54)42(53)25-56-16-2-3-29-6-8-31(22-46-29)57-32-19-33(20-32)58-41-13-5-27(21-47-41)26-4-9-35-36-23-45-15-14-37(36)48-38(35)18-26/h4-10,13-15,17-18,21-23,32-33,39,48H,11-12,16,19-20,24-25H2,1H3,(H,49,52,54)/t32-,33-,39?. The van der Waals surface area contributed by atoms with Crippen LogP contribution in [0, 0.1) is 11.8 Å². The van der Waals surface area contributed by atoms with E-state index in [0.29, 0.717) is 34.1 Å². The Morgan fingerprint density at radius 1 is 0.897 bits per heavy atom. The number of pyridine rings is 3. The lowest BCUT2D eigenvalue weighted by Crippen LogP contribution is -2.52. The minimum Gasteiger partial charge on any atom is -0.489 e. The molecular weight excluding hydrogens is 739 g/mol. The van der Waals surface area contributed by atoms with Gasteiger partial charge in [-0.3, -0.25) is 29.5 Å². The van der Waals surface area contributed by atoms with E-state index in [-0.39, 0.29) is 62.5 Å². The van der Waals surface area contributed by atoms with Gasteiger partial charge in [0.05, 0.1) is 6.20 Å². The third-order valence-electron chi connectivity index (χ3n) is 10.7. The number of carbonyl (C=O) groups is 4. The van der Waals surface area contributed by atoms with Gasteiger partial charge in [0.2, 0.25) is 17.7 Å². The summed E-state index contributed by atoms with van der Waals surface area (Å²) in [5, 5.41) is 4.54. The van der Waals surface area contributed by atoms with Crippen LogP contribution in [0.15, 0.2) is 91.5 Å². The van der Waals surface area contributed by atoms with Crippen molar-refractivity contribution in [3.05, 3.63) is 108 Å². The molecule has 6 heterocycles. The monoisotopic (exact) mass is 775 g/mol. The van der Waals surface area contributed by atoms with Crippen molar-refractivity contribution in [2.45, 2.75) is 50.5 Å². The van der Waals surface area contributed by atoms with Crippen molar-refractivity contribution in [1.29, 1.82) is 0 Å². The number of anilines is 1. The van der Waals surface area contributed by atoms with Crippen LogP contribution >= 0.6 is 0 Å². The third kappa shape index (κ3) is 7.42. The largest absolute Gasteiger partial charge is 0.489 e. The molecule has 2 aromatic carbocycles. The van der Waals surface area contributed by atoms with Gasteiger partial charge < -0.3 is 29.0 Å². The average molecular weight is 776 g/mol. The summed E-state index contributed by atoms with van der Waals surface area (Å²) in [6, 6.07) is 20.2. The molecule has 14 nitrogen and oxygen atoms in total. The van der Waals surface area contributed by atoms with Gasteiger partial charge in [0.15, 0.2) is 0 Å². The highest BCUT2D eigenvalue weighted by atomic mass is 16.5. The highest BCUT2D eigenvalue weighted by molar-refractivity contribution is 6.08. The first kappa shape index (κ1) is 36.5. The molecule has 9 rings (SSSR count). The van der Waals surface area contributed by atoms with Crippen LogP contribution < -0.4 is 19.7 Å². The number of H-pyrrole nitrogens is 1. The summed E-state index contributed by atoms with van der Waals surface area (Å²) in [7, 11) is 1.63. The Balaban J connectivity index is 0.694. The lowest BCUT2D eigenvalue weighted by molar-refractivity contribution is -0.137. The van der Waals surface area contributed by atoms with Gasteiger partial charge >= 0.3 is 0 Å². The SMILES string of the molecule is CN(C(=O)COCC#Cc1ccc(O[C@H]2C[C@H](Oc3ccc(-c4ccc5c(c4)[nH]c4ccncc45)cn3)C2)cn1)c1ccc2c(c1)CN(C1CCC(=O)NC1=O)C2=O. The number of imide groups is 1. The number of hydrogen-bond acceptors (Lipinski definition) is 10. The van der Waals surface area contributed by atoms with E-state index in [9.17, 15) is 19.2 Å². The summed E-state index contributed by atoms with van der Waals surface area (Å²) in [4.78, 5) is 69.3. The molecule has 1 saturated heterocycles. The minimum absolute atomic E-state index is 0.0112. The predicted molar refractivity (Wildman–Crippen MR) is 213 cm³/mol. The van der Waals surface area contributed by atoms with Gasteiger partial charge in [-0.1, -0.05) is 18.1 Å². The molecule has 1 aliphatic carbocycles. The first-order chi connectivity index (χ1) is 28.3. The van der Waals surface area contributed by atoms with Gasteiger partial charge in [-0.15, -0.1) is 0 Å². The van der Waals surface area contributed by atoms with Crippen LogP contribution in [0.1, 0.15) is 47.3 Å². The van der Waals surface area contributed by atoms with E-state index in [1.807, 2.05) is 36.7 Å². The van der Waals surface area contributed by atoms with Crippen LogP contribution in [-0.4, -0.2) is 87.0 Å². The summed E-state index contributed by atoms with van der Waals surface area (Å²) in [5.41, 5.74) is 6.50. The molecule has 0 bridgehead atoms. The molecule has 2 aliphatic heterocycles. The van der Waals surface area contributed by atoms with E-state index < -0.39 is 11.9 Å². The number of amides is 4. The highest BCUT2D eigenvalue weighted by Gasteiger charge is 2.39. The molecule has 2 N–H and O–H groups in total. The first-order valence-electron chi connectivity index (χ1n) is 19.0. The van der Waals surface area contributed by atoms with Crippen molar-refractivity contribution in [3.8, 4) is 34.6 Å². The molecule has 1 saturated carbocycles. The summed E-state index contributed by atoms with van der Waals surface area (Å²) in [5.74, 6) is 5.67. The van der Waals surface area contributed by atoms with Gasteiger partial charge in [0.1, 0.15) is 42.9 Å². The summed E-state index contributed by atoms with van der Waals surface area (Å²) in [6.07, 6.45) is 9.09. The Bertz CT molecular complexity index is 2640. The number of nitrogens with zero attached hydrogens (tertiary/aromatic N) is 5. The zero-order chi connectivity index (χ0) is 39.8. The molecule has 1 unspecified atom stereocenters. The molecule has 0 radical (unpaired) electrons. The third-order valence-corrected chi connectivity index (χ3v) is 10.7. The second-order valence-electron chi connectivity index (χ2n) is 14.5. The van der Waals surface area contributed by atoms with E-state index in [0.717, 1.165) is 45.8 Å². The molecule has 290 valence electrons. The fourth-order valence-electron chi connectivity index (χ4n) is 7.47. The van der Waals surface area contributed by atoms with E-state index in [2.05, 4.69) is 55.3 Å². The Morgan fingerprint density at radius 2 is 1.76 bits per heavy atom. The van der Waals surface area contributed by atoms with Gasteiger partial charge in [-0.2, -0.15) is 0 Å². The molecular formula is C44H37N7O7. The zero-order valence-electron chi connectivity index (χ0n) is 31.4. The topological polar surface area (TPSA) is 169 Å². The van der Waals surface area contributed by atoms with E-state index in [1.165, 1.54) is 9.80 Å². The number of benzene rings is 2. The van der Waals surface area contributed by atoms with Crippen molar-refractivity contribution in [2.75, 3.05) is 25.2 Å². The van der Waals surface area contributed by atoms with Crippen molar-refractivity contribution >= 4 is 51.1 Å². The Kier molecular flexibility index (Phi) is 9.72. The molecule has 4 amide bonds. The lowest BCUT2D eigenvalue weighted by atomic mass is 9.92. The van der Waals surface area contributed by atoms with Crippen LogP contribution in [0.25, 0.3) is 32.9 Å². The Labute approximate surface area is 332 Å². The molecule has 58 heavy (non-hydrogen) atoms. The number of fused-ring (bicyclic) bond motifs is 4. The number of nitrogens with one attached hydrogen (secondary N) is 2. The van der Waals surface area contributed by atoms with Gasteiger partial charge in [0, 0.05) is 96.1 Å². The Hall–Kier alpha value is -7.11. The molecule has 0 spiro atoms. The minimum atomic E-state index is -0.702. The number of aromatic nitrogens is 4. The number of carbonyl (C=O) groups excluding carboxylic acids is 4. The number of likely N-dealkylation sites (N-methyl/N-ethyl adjacent to an activating group) is 1. The lowest BCUT2D eigenvalue weighted by Gasteiger charge is -2.34. The number of rotatable bonds is 10. The normalized spacial score (nSPS) is 18.6. The van der Waals surface area contributed by atoms with Crippen LogP contribution in [-0.2, 0) is 25.7 Å². The van der Waals surface area contributed by atoms with Crippen molar-refractivity contribution in [1.82, 2.24) is 30.2 Å². The van der Waals surface area contributed by atoms with Gasteiger partial charge in [0.25, 0.3) is 11.8 Å². The van der Waals surface area contributed by atoms with Gasteiger partial charge in [-0.25, -0.2) is 9.97 Å². The molecule has 2 fully saturated rings. The van der Waals surface area contributed by atoms with Crippen LogP contribution in [0.5, 0.6) is 11.6 Å². The molecule has 1 atom stereocenters. The quantitative estimate of drug-likeness (QED) is 0.110. The predicted octanol–water partition coefficient (Wildman–Crippen LogP) is 4.95. The molecule has 4 aromatic heterocycles. The smallest absolute Gasteiger partial charge is 0.255 e. The summed E-state index contributed by atoms with van der Waals surface area (Å²) < 4.78 is 17.7. The van der Waals surface area contributed by atoms with Crippen LogP contribution in [0.3, 0.4) is 0 Å². The maximum absolute atomic E-state index is 13.0. The highest BCUT2D eigenvalue weighted by Crippen LogP contribution is 2.33. The first-order valence-corrected chi connectivity index (χ1v) is 19.0. The number of hydrogen-bond donors (Lipinski definition) is 2. The van der Waals surface area contributed by atoms with Crippen molar-refractivity contribution in [2.24, 2.45) is 0 Å². The fourth-order valence-corrected chi connectivity index (χ4v) is 7.47. The van der Waals surface area contributed by atoms with E-state index in [1.54, 1.807) is 43.7 Å². The Morgan fingerprint density at radius 3 is 2.57 bits per heavy atom. The summed E-state index contributed by atoms with van der Waals surface area (Å²) in [6.45, 7) is 0.0523. The fraction of sp³-hybridized carbons (Fsp3) is 0.250. The zero-order valence-corrected chi connectivity index (χ0v) is 31.4. The van der Waals surface area contributed by atoms with Crippen LogP contribution in [0.2, 0.25) is 0 Å².